The number of aromatic nitrogens is 3. The van der Waals surface area contributed by atoms with E-state index in [1.54, 1.807) is 43.5 Å². The number of fused-ring (bicyclic) bond motifs is 1. The number of anilines is 1. The van der Waals surface area contributed by atoms with Crippen LogP contribution in [0.4, 0.5) is 5.69 Å². The first-order valence-corrected chi connectivity index (χ1v) is 8.74. The van der Waals surface area contributed by atoms with Crippen LogP contribution in [0.15, 0.2) is 39.2 Å². The summed E-state index contributed by atoms with van der Waals surface area (Å²) in [5, 5.41) is 4.78. The average molecular weight is 379 g/mol. The molecular weight excluding hydrogens is 364 g/mol. The molecule has 7 nitrogen and oxygen atoms in total. The molecule has 0 aliphatic rings. The van der Waals surface area contributed by atoms with Gasteiger partial charge in [0.25, 0.3) is 5.56 Å². The SMILES string of the molecule is CC(C)n1c(=O)c2nscc2n(CC(=O)Nc2cccc(Cl)c2)c1=O. The minimum Gasteiger partial charge on any atom is -0.324 e. The Hall–Kier alpha value is -2.45. The van der Waals surface area contributed by atoms with Crippen LogP contribution in [-0.2, 0) is 11.3 Å². The molecule has 2 aromatic heterocycles. The Morgan fingerprint density at radius 3 is 2.80 bits per heavy atom. The predicted octanol–water partition coefficient (Wildman–Crippen LogP) is 2.49. The van der Waals surface area contributed by atoms with Crippen LogP contribution in [0.5, 0.6) is 0 Å². The van der Waals surface area contributed by atoms with Gasteiger partial charge in [-0.1, -0.05) is 17.7 Å². The summed E-state index contributed by atoms with van der Waals surface area (Å²) in [6.07, 6.45) is 0. The predicted molar refractivity (Wildman–Crippen MR) is 98.6 cm³/mol. The van der Waals surface area contributed by atoms with E-state index in [-0.39, 0.29) is 18.1 Å². The van der Waals surface area contributed by atoms with E-state index >= 15 is 0 Å². The van der Waals surface area contributed by atoms with Gasteiger partial charge in [0.15, 0.2) is 5.52 Å². The minimum absolute atomic E-state index is 0.189. The summed E-state index contributed by atoms with van der Waals surface area (Å²) < 4.78 is 6.44. The molecule has 0 unspecified atom stereocenters. The summed E-state index contributed by atoms with van der Waals surface area (Å²) in [5.41, 5.74) is 0.103. The van der Waals surface area contributed by atoms with Crippen molar-refractivity contribution in [3.63, 3.8) is 0 Å². The van der Waals surface area contributed by atoms with Crippen molar-refractivity contribution in [3.05, 3.63) is 55.5 Å². The summed E-state index contributed by atoms with van der Waals surface area (Å²) >= 11 is 6.97. The largest absolute Gasteiger partial charge is 0.332 e. The molecule has 0 saturated carbocycles. The van der Waals surface area contributed by atoms with Crippen LogP contribution in [0.2, 0.25) is 5.02 Å². The Kier molecular flexibility index (Phi) is 4.73. The van der Waals surface area contributed by atoms with Gasteiger partial charge in [0.2, 0.25) is 5.91 Å². The molecule has 3 aromatic rings. The highest BCUT2D eigenvalue weighted by Crippen LogP contribution is 2.15. The van der Waals surface area contributed by atoms with Crippen molar-refractivity contribution in [1.29, 1.82) is 0 Å². The molecule has 2 heterocycles. The maximum absolute atomic E-state index is 12.7. The number of nitrogens with one attached hydrogen (secondary N) is 1. The number of benzene rings is 1. The van der Waals surface area contributed by atoms with E-state index in [2.05, 4.69) is 9.69 Å². The number of rotatable bonds is 4. The highest BCUT2D eigenvalue weighted by atomic mass is 35.5. The van der Waals surface area contributed by atoms with Gasteiger partial charge < -0.3 is 5.32 Å². The molecule has 1 aromatic carbocycles. The molecule has 0 spiro atoms. The lowest BCUT2D eigenvalue weighted by Crippen LogP contribution is -2.42. The highest BCUT2D eigenvalue weighted by Gasteiger charge is 2.18. The molecule has 0 aliphatic heterocycles. The van der Waals surface area contributed by atoms with Gasteiger partial charge in [0, 0.05) is 22.1 Å². The molecule has 130 valence electrons. The maximum atomic E-state index is 12.7. The number of nitrogens with zero attached hydrogens (tertiary/aromatic N) is 3. The number of amides is 1. The van der Waals surface area contributed by atoms with Crippen LogP contribution in [0.1, 0.15) is 19.9 Å². The molecule has 1 N–H and O–H groups in total. The van der Waals surface area contributed by atoms with E-state index in [0.29, 0.717) is 16.2 Å². The maximum Gasteiger partial charge on any atom is 0.332 e. The van der Waals surface area contributed by atoms with Crippen LogP contribution in [0.3, 0.4) is 0 Å². The zero-order valence-corrected chi connectivity index (χ0v) is 15.1. The molecule has 0 bridgehead atoms. The molecule has 0 fully saturated rings. The third-order valence-corrected chi connectivity index (χ3v) is 4.48. The molecular formula is C16H15ClN4O3S. The molecule has 0 saturated heterocycles. The highest BCUT2D eigenvalue weighted by molar-refractivity contribution is 7.04. The van der Waals surface area contributed by atoms with Gasteiger partial charge >= 0.3 is 5.69 Å². The fourth-order valence-corrected chi connectivity index (χ4v) is 3.38. The van der Waals surface area contributed by atoms with Crippen LogP contribution in [0.25, 0.3) is 11.0 Å². The molecule has 0 radical (unpaired) electrons. The lowest BCUT2D eigenvalue weighted by Gasteiger charge is -2.14. The number of carbonyl (C=O) groups excluding carboxylic acids is 1. The monoisotopic (exact) mass is 378 g/mol. The third-order valence-electron chi connectivity index (χ3n) is 3.63. The van der Waals surface area contributed by atoms with Crippen molar-refractivity contribution >= 4 is 45.8 Å². The molecule has 9 heteroatoms. The normalized spacial score (nSPS) is 11.2. The number of carbonyl (C=O) groups is 1. The van der Waals surface area contributed by atoms with Crippen molar-refractivity contribution in [2.75, 3.05) is 5.32 Å². The fraction of sp³-hybridized carbons (Fsp3) is 0.250. The standard InChI is InChI=1S/C16H15ClN4O3S/c1-9(2)21-15(23)14-12(8-25-19-14)20(16(21)24)7-13(22)18-11-5-3-4-10(17)6-11/h3-6,8-9H,7H2,1-2H3,(H,18,22). The quantitative estimate of drug-likeness (QED) is 0.755. The fourth-order valence-electron chi connectivity index (χ4n) is 2.52. The summed E-state index contributed by atoms with van der Waals surface area (Å²) in [6.45, 7) is 3.24. The van der Waals surface area contributed by atoms with Gasteiger partial charge in [-0.2, -0.15) is 4.37 Å². The summed E-state index contributed by atoms with van der Waals surface area (Å²) in [6, 6.07) is 6.38. The van der Waals surface area contributed by atoms with E-state index in [9.17, 15) is 14.4 Å². The average Bonchev–Trinajstić information content (AvgIpc) is 3.01. The summed E-state index contributed by atoms with van der Waals surface area (Å²) in [7, 11) is 0. The van der Waals surface area contributed by atoms with Gasteiger partial charge in [-0.25, -0.2) is 4.79 Å². The second-order valence-corrected chi connectivity index (χ2v) is 6.81. The van der Waals surface area contributed by atoms with Gasteiger partial charge in [-0.15, -0.1) is 0 Å². The van der Waals surface area contributed by atoms with Gasteiger partial charge in [0.05, 0.1) is 5.52 Å². The molecule has 0 atom stereocenters. The van der Waals surface area contributed by atoms with Crippen LogP contribution in [0, 0.1) is 0 Å². The molecule has 25 heavy (non-hydrogen) atoms. The summed E-state index contributed by atoms with van der Waals surface area (Å²) in [5.74, 6) is -0.397. The Morgan fingerprint density at radius 2 is 2.12 bits per heavy atom. The lowest BCUT2D eigenvalue weighted by atomic mass is 10.3. The van der Waals surface area contributed by atoms with E-state index < -0.39 is 17.2 Å². The van der Waals surface area contributed by atoms with Crippen molar-refractivity contribution in [2.45, 2.75) is 26.4 Å². The Balaban J connectivity index is 2.01. The van der Waals surface area contributed by atoms with E-state index in [1.165, 1.54) is 4.57 Å². The van der Waals surface area contributed by atoms with Crippen molar-refractivity contribution < 1.29 is 4.79 Å². The van der Waals surface area contributed by atoms with Gasteiger partial charge in [-0.3, -0.25) is 18.7 Å². The second-order valence-electron chi connectivity index (χ2n) is 5.74. The minimum atomic E-state index is -0.533. The first kappa shape index (κ1) is 17.4. The zero-order valence-electron chi connectivity index (χ0n) is 13.5. The third kappa shape index (κ3) is 3.35. The van der Waals surface area contributed by atoms with E-state index in [0.717, 1.165) is 16.1 Å². The number of hydrogen-bond acceptors (Lipinski definition) is 5. The molecule has 0 aliphatic carbocycles. The zero-order chi connectivity index (χ0) is 18.1. The van der Waals surface area contributed by atoms with Crippen LogP contribution in [-0.4, -0.2) is 19.4 Å². The first-order valence-electron chi connectivity index (χ1n) is 7.53. The number of hydrogen-bond donors (Lipinski definition) is 1. The Morgan fingerprint density at radius 1 is 1.36 bits per heavy atom. The summed E-state index contributed by atoms with van der Waals surface area (Å²) in [4.78, 5) is 37.4. The first-order chi connectivity index (χ1) is 11.9. The van der Waals surface area contributed by atoms with Crippen molar-refractivity contribution in [1.82, 2.24) is 13.5 Å². The number of halogens is 1. The smallest absolute Gasteiger partial charge is 0.324 e. The van der Waals surface area contributed by atoms with Crippen LogP contribution >= 0.6 is 23.1 Å². The van der Waals surface area contributed by atoms with E-state index in [1.807, 2.05) is 0 Å². The Bertz CT molecular complexity index is 1070. The van der Waals surface area contributed by atoms with E-state index in [4.69, 9.17) is 11.6 Å². The van der Waals surface area contributed by atoms with Crippen molar-refractivity contribution in [2.24, 2.45) is 0 Å². The van der Waals surface area contributed by atoms with Crippen molar-refractivity contribution in [3.8, 4) is 0 Å². The van der Waals surface area contributed by atoms with Gasteiger partial charge in [-0.05, 0) is 43.6 Å². The molecule has 3 rings (SSSR count). The van der Waals surface area contributed by atoms with Crippen LogP contribution < -0.4 is 16.6 Å². The lowest BCUT2D eigenvalue weighted by molar-refractivity contribution is -0.116. The van der Waals surface area contributed by atoms with Gasteiger partial charge in [0.1, 0.15) is 6.54 Å². The topological polar surface area (TPSA) is 86.0 Å². The molecule has 1 amide bonds. The Labute approximate surface area is 151 Å². The second kappa shape index (κ2) is 6.81.